The predicted molar refractivity (Wildman–Crippen MR) is 84.6 cm³/mol. The fraction of sp³-hybridized carbons (Fsp3) is 0.400. The molecule has 8 heteroatoms. The van der Waals surface area contributed by atoms with Crippen molar-refractivity contribution < 1.29 is 19.4 Å². The number of aliphatic carboxylic acids is 1. The average Bonchev–Trinajstić information content (AvgIpc) is 2.77. The molecule has 0 radical (unpaired) electrons. The van der Waals surface area contributed by atoms with Crippen molar-refractivity contribution in [3.05, 3.63) is 35.2 Å². The molecule has 124 valence electrons. The number of hydrogen-bond acceptors (Lipinski definition) is 4. The van der Waals surface area contributed by atoms with E-state index >= 15 is 0 Å². The molecule has 2 aromatic rings. The number of carboxylic acids is 1. The lowest BCUT2D eigenvalue weighted by Gasteiger charge is -2.22. The van der Waals surface area contributed by atoms with Crippen molar-refractivity contribution in [1.82, 2.24) is 14.7 Å². The molecule has 0 aliphatic rings. The molecule has 0 saturated carbocycles. The third-order valence-electron chi connectivity index (χ3n) is 2.86. The monoisotopic (exact) mass is 339 g/mol. The number of carbonyl (C=O) groups is 2. The van der Waals surface area contributed by atoms with Gasteiger partial charge in [-0.2, -0.15) is 0 Å². The second kappa shape index (κ2) is 6.45. The summed E-state index contributed by atoms with van der Waals surface area (Å²) >= 11 is 5.92. The zero-order valence-electron chi connectivity index (χ0n) is 13.0. The number of amides is 1. The van der Waals surface area contributed by atoms with E-state index in [9.17, 15) is 9.59 Å². The van der Waals surface area contributed by atoms with E-state index in [1.807, 2.05) is 0 Å². The van der Waals surface area contributed by atoms with Crippen LogP contribution in [-0.2, 0) is 9.53 Å². The number of imidazole rings is 1. The summed E-state index contributed by atoms with van der Waals surface area (Å²) in [6.07, 6.45) is 2.28. The Hall–Kier alpha value is -2.28. The third-order valence-corrected chi connectivity index (χ3v) is 3.08. The molecular formula is C15H18ClN3O4. The molecule has 7 nitrogen and oxygen atoms in total. The summed E-state index contributed by atoms with van der Waals surface area (Å²) in [6.45, 7) is 5.18. The van der Waals surface area contributed by atoms with E-state index in [0.29, 0.717) is 16.4 Å². The smallest absolute Gasteiger partial charge is 0.408 e. The quantitative estimate of drug-likeness (QED) is 0.893. The van der Waals surface area contributed by atoms with E-state index in [2.05, 4.69) is 10.3 Å². The molecule has 0 aromatic carbocycles. The van der Waals surface area contributed by atoms with Gasteiger partial charge in [0.1, 0.15) is 11.2 Å². The summed E-state index contributed by atoms with van der Waals surface area (Å²) in [5, 5.41) is 12.1. The molecule has 1 atom stereocenters. The standard InChI is InChI=1S/C15H18ClN3O4/c1-15(2,3)23-14(22)18-10(6-13(20)21)11-8-19-7-9(16)4-5-12(19)17-11/h4-5,7-8,10H,6H2,1-3H3,(H,18,22)(H,20,21)/t10-/m1/s1. The number of hydrogen-bond donors (Lipinski definition) is 2. The van der Waals surface area contributed by atoms with E-state index in [-0.39, 0.29) is 6.42 Å². The van der Waals surface area contributed by atoms with Gasteiger partial charge < -0.3 is 19.6 Å². The molecule has 0 saturated heterocycles. The highest BCUT2D eigenvalue weighted by atomic mass is 35.5. The number of halogens is 1. The Morgan fingerprint density at radius 2 is 2.09 bits per heavy atom. The molecule has 2 rings (SSSR count). The lowest BCUT2D eigenvalue weighted by molar-refractivity contribution is -0.137. The number of carboxylic acid groups (broad SMARTS) is 1. The maximum atomic E-state index is 11.9. The third kappa shape index (κ3) is 4.85. The van der Waals surface area contributed by atoms with E-state index in [4.69, 9.17) is 21.4 Å². The first-order chi connectivity index (χ1) is 10.6. The second-order valence-corrected chi connectivity index (χ2v) is 6.51. The van der Waals surface area contributed by atoms with Crippen LogP contribution in [-0.4, -0.2) is 32.2 Å². The number of nitrogens with zero attached hydrogens (tertiary/aromatic N) is 2. The summed E-state index contributed by atoms with van der Waals surface area (Å²) < 4.78 is 6.84. The maximum Gasteiger partial charge on any atom is 0.408 e. The summed E-state index contributed by atoms with van der Waals surface area (Å²) in [6, 6.07) is 2.58. The highest BCUT2D eigenvalue weighted by molar-refractivity contribution is 6.30. The van der Waals surface area contributed by atoms with E-state index in [1.165, 1.54) is 0 Å². The number of rotatable bonds is 4. The zero-order chi connectivity index (χ0) is 17.2. The van der Waals surface area contributed by atoms with Crippen LogP contribution in [0.15, 0.2) is 24.5 Å². The van der Waals surface area contributed by atoms with Crippen LogP contribution in [0.25, 0.3) is 5.65 Å². The number of ether oxygens (including phenoxy) is 1. The SMILES string of the molecule is CC(C)(C)OC(=O)N[C@H](CC(=O)O)c1cn2cc(Cl)ccc2n1. The van der Waals surface area contributed by atoms with E-state index in [1.54, 1.807) is 49.7 Å². The Bertz CT molecular complexity index is 736. The fourth-order valence-corrected chi connectivity index (χ4v) is 2.17. The van der Waals surface area contributed by atoms with Crippen molar-refractivity contribution in [2.45, 2.75) is 38.8 Å². The van der Waals surface area contributed by atoms with Crippen molar-refractivity contribution in [2.75, 3.05) is 0 Å². The van der Waals surface area contributed by atoms with Gasteiger partial charge in [0.15, 0.2) is 0 Å². The molecule has 2 N–H and O–H groups in total. The highest BCUT2D eigenvalue weighted by Crippen LogP contribution is 2.20. The van der Waals surface area contributed by atoms with Crippen molar-refractivity contribution in [3.8, 4) is 0 Å². The van der Waals surface area contributed by atoms with Crippen molar-refractivity contribution in [3.63, 3.8) is 0 Å². The van der Waals surface area contributed by atoms with Gasteiger partial charge in [0.25, 0.3) is 0 Å². The number of fused-ring (bicyclic) bond motifs is 1. The van der Waals surface area contributed by atoms with Gasteiger partial charge in [0.05, 0.1) is 23.2 Å². The van der Waals surface area contributed by atoms with Crippen LogP contribution < -0.4 is 5.32 Å². The normalized spacial score (nSPS) is 12.9. The van der Waals surface area contributed by atoms with E-state index < -0.39 is 23.7 Å². The number of pyridine rings is 1. The Kier molecular flexibility index (Phi) is 4.79. The molecule has 0 unspecified atom stereocenters. The predicted octanol–water partition coefficient (Wildman–Crippen LogP) is 3.03. The lowest BCUT2D eigenvalue weighted by atomic mass is 10.1. The van der Waals surface area contributed by atoms with Crippen molar-refractivity contribution >= 4 is 29.3 Å². The first-order valence-corrected chi connectivity index (χ1v) is 7.37. The fourth-order valence-electron chi connectivity index (χ4n) is 2.01. The Morgan fingerprint density at radius 3 is 2.70 bits per heavy atom. The molecular weight excluding hydrogens is 322 g/mol. The van der Waals surface area contributed by atoms with Gasteiger partial charge in [0.2, 0.25) is 0 Å². The van der Waals surface area contributed by atoms with Crippen LogP contribution in [0.4, 0.5) is 4.79 Å². The van der Waals surface area contributed by atoms with Gasteiger partial charge in [-0.25, -0.2) is 9.78 Å². The van der Waals surface area contributed by atoms with Gasteiger partial charge in [-0.15, -0.1) is 0 Å². The number of alkyl carbamates (subject to hydrolysis) is 1. The molecule has 0 spiro atoms. The Morgan fingerprint density at radius 1 is 1.39 bits per heavy atom. The van der Waals surface area contributed by atoms with E-state index in [0.717, 1.165) is 0 Å². The summed E-state index contributed by atoms with van der Waals surface area (Å²) in [7, 11) is 0. The molecule has 0 aliphatic heterocycles. The summed E-state index contributed by atoms with van der Waals surface area (Å²) in [5.74, 6) is -1.05. The van der Waals surface area contributed by atoms with Gasteiger partial charge in [-0.1, -0.05) is 11.6 Å². The van der Waals surface area contributed by atoms with Crippen molar-refractivity contribution in [1.29, 1.82) is 0 Å². The van der Waals surface area contributed by atoms with Gasteiger partial charge >= 0.3 is 12.1 Å². The molecule has 23 heavy (non-hydrogen) atoms. The maximum absolute atomic E-state index is 11.9. The largest absolute Gasteiger partial charge is 0.481 e. The first-order valence-electron chi connectivity index (χ1n) is 6.99. The first kappa shape index (κ1) is 17.1. The number of nitrogens with one attached hydrogen (secondary N) is 1. The van der Waals surface area contributed by atoms with Crippen molar-refractivity contribution in [2.24, 2.45) is 0 Å². The average molecular weight is 340 g/mol. The molecule has 2 heterocycles. The summed E-state index contributed by atoms with van der Waals surface area (Å²) in [4.78, 5) is 27.3. The molecule has 0 aliphatic carbocycles. The Labute approximate surface area is 138 Å². The zero-order valence-corrected chi connectivity index (χ0v) is 13.8. The summed E-state index contributed by atoms with van der Waals surface area (Å²) in [5.41, 5.74) is 0.343. The minimum absolute atomic E-state index is 0.309. The lowest BCUT2D eigenvalue weighted by Crippen LogP contribution is -2.36. The van der Waals surface area contributed by atoms with Crippen LogP contribution in [0.5, 0.6) is 0 Å². The highest BCUT2D eigenvalue weighted by Gasteiger charge is 2.24. The second-order valence-electron chi connectivity index (χ2n) is 6.08. The van der Waals surface area contributed by atoms with Crippen LogP contribution >= 0.6 is 11.6 Å². The van der Waals surface area contributed by atoms with Crippen LogP contribution in [0.1, 0.15) is 38.9 Å². The molecule has 1 amide bonds. The van der Waals surface area contributed by atoms with Gasteiger partial charge in [0, 0.05) is 12.4 Å². The van der Waals surface area contributed by atoms with Crippen LogP contribution in [0.3, 0.4) is 0 Å². The van der Waals surface area contributed by atoms with Crippen LogP contribution in [0, 0.1) is 0 Å². The topological polar surface area (TPSA) is 92.9 Å². The number of aromatic nitrogens is 2. The molecule has 0 bridgehead atoms. The van der Waals surface area contributed by atoms with Crippen LogP contribution in [0.2, 0.25) is 5.02 Å². The Balaban J connectivity index is 2.25. The molecule has 0 fully saturated rings. The van der Waals surface area contributed by atoms with Gasteiger partial charge in [-0.3, -0.25) is 4.79 Å². The number of carbonyl (C=O) groups excluding carboxylic acids is 1. The minimum atomic E-state index is -1.05. The molecule has 2 aromatic heterocycles. The minimum Gasteiger partial charge on any atom is -0.481 e. The van der Waals surface area contributed by atoms with Gasteiger partial charge in [-0.05, 0) is 32.9 Å².